The first kappa shape index (κ1) is 25.5. The maximum absolute atomic E-state index is 13.2. The summed E-state index contributed by atoms with van der Waals surface area (Å²) in [4.78, 5) is 17.7. The molecular weight excluding hydrogens is 476 g/mol. The predicted octanol–water partition coefficient (Wildman–Crippen LogP) is 3.83. The molecular formula is C27H32N4O4S. The van der Waals surface area contributed by atoms with E-state index in [1.807, 2.05) is 19.1 Å². The lowest BCUT2D eigenvalue weighted by molar-refractivity contribution is 0.102. The molecule has 0 aromatic heterocycles. The summed E-state index contributed by atoms with van der Waals surface area (Å²) in [6.45, 7) is 5.93. The number of hydrogen-bond donors (Lipinski definition) is 1. The molecule has 0 radical (unpaired) electrons. The number of carbonyl (C=O) groups excluding carboxylic acids is 1. The number of sulfonamides is 1. The molecule has 9 heteroatoms. The highest BCUT2D eigenvalue weighted by Gasteiger charge is 2.23. The molecule has 8 nitrogen and oxygen atoms in total. The number of carbonyl (C=O) groups is 1. The molecule has 0 spiro atoms. The Bertz CT molecular complexity index is 1330. The van der Waals surface area contributed by atoms with Gasteiger partial charge in [-0.05, 0) is 80.2 Å². The van der Waals surface area contributed by atoms with Crippen molar-refractivity contribution in [2.24, 2.45) is 0 Å². The van der Waals surface area contributed by atoms with E-state index in [0.29, 0.717) is 17.1 Å². The van der Waals surface area contributed by atoms with Crippen LogP contribution >= 0.6 is 0 Å². The molecule has 1 fully saturated rings. The summed E-state index contributed by atoms with van der Waals surface area (Å²) in [5, 5.41) is 2.93. The van der Waals surface area contributed by atoms with E-state index in [0.717, 1.165) is 37.4 Å². The van der Waals surface area contributed by atoms with Crippen molar-refractivity contribution >= 4 is 33.0 Å². The van der Waals surface area contributed by atoms with Gasteiger partial charge in [-0.1, -0.05) is 6.07 Å². The second-order valence-electron chi connectivity index (χ2n) is 8.94. The zero-order valence-electron chi connectivity index (χ0n) is 21.1. The van der Waals surface area contributed by atoms with E-state index in [4.69, 9.17) is 4.74 Å². The zero-order valence-corrected chi connectivity index (χ0v) is 21.9. The summed E-state index contributed by atoms with van der Waals surface area (Å²) in [7, 11) is 1.29. The number of likely N-dealkylation sites (N-methyl/N-ethyl adjacent to an activating group) is 1. The van der Waals surface area contributed by atoms with Gasteiger partial charge in [0.1, 0.15) is 5.75 Å². The first-order valence-corrected chi connectivity index (χ1v) is 13.2. The minimum atomic E-state index is -3.87. The van der Waals surface area contributed by atoms with Crippen molar-refractivity contribution in [1.82, 2.24) is 4.90 Å². The maximum Gasteiger partial charge on any atom is 0.264 e. The van der Waals surface area contributed by atoms with Gasteiger partial charge in [0.2, 0.25) is 0 Å². The Morgan fingerprint density at radius 2 is 1.67 bits per heavy atom. The van der Waals surface area contributed by atoms with Crippen LogP contribution in [0.25, 0.3) is 0 Å². The third-order valence-corrected chi connectivity index (χ3v) is 8.30. The van der Waals surface area contributed by atoms with Crippen LogP contribution in [-0.4, -0.2) is 66.6 Å². The van der Waals surface area contributed by atoms with Gasteiger partial charge < -0.3 is 19.9 Å². The quantitative estimate of drug-likeness (QED) is 0.522. The third kappa shape index (κ3) is 5.47. The number of amides is 1. The largest absolute Gasteiger partial charge is 0.497 e. The fourth-order valence-electron chi connectivity index (χ4n) is 4.13. The van der Waals surface area contributed by atoms with Crippen LogP contribution in [0.3, 0.4) is 0 Å². The molecule has 0 unspecified atom stereocenters. The predicted molar refractivity (Wildman–Crippen MR) is 144 cm³/mol. The second kappa shape index (κ2) is 10.6. The fraction of sp³-hybridized carbons (Fsp3) is 0.296. The van der Waals surface area contributed by atoms with Crippen molar-refractivity contribution < 1.29 is 17.9 Å². The maximum atomic E-state index is 13.2. The fourth-order valence-corrected chi connectivity index (χ4v) is 5.37. The highest BCUT2D eigenvalue weighted by molar-refractivity contribution is 7.92. The molecule has 1 heterocycles. The van der Waals surface area contributed by atoms with Crippen molar-refractivity contribution in [3.05, 3.63) is 77.9 Å². The molecule has 3 aromatic carbocycles. The van der Waals surface area contributed by atoms with Crippen LogP contribution in [0.1, 0.15) is 15.9 Å². The van der Waals surface area contributed by atoms with Gasteiger partial charge in [0, 0.05) is 50.2 Å². The molecule has 1 saturated heterocycles. The number of methoxy groups -OCH3 is 1. The van der Waals surface area contributed by atoms with Crippen LogP contribution in [0.4, 0.5) is 17.1 Å². The number of aryl methyl sites for hydroxylation is 1. The van der Waals surface area contributed by atoms with E-state index in [1.54, 1.807) is 43.5 Å². The summed E-state index contributed by atoms with van der Waals surface area (Å²) in [6.07, 6.45) is 0. The van der Waals surface area contributed by atoms with E-state index in [2.05, 4.69) is 28.2 Å². The molecule has 0 aliphatic carbocycles. The Balaban J connectivity index is 1.50. The number of benzene rings is 3. The van der Waals surface area contributed by atoms with E-state index in [-0.39, 0.29) is 16.4 Å². The van der Waals surface area contributed by atoms with Crippen LogP contribution in [0.2, 0.25) is 0 Å². The molecule has 3 aromatic rings. The van der Waals surface area contributed by atoms with E-state index >= 15 is 0 Å². The molecule has 0 saturated carbocycles. The first-order valence-electron chi connectivity index (χ1n) is 11.8. The average Bonchev–Trinajstić information content (AvgIpc) is 2.90. The zero-order chi connectivity index (χ0) is 25.9. The van der Waals surface area contributed by atoms with Crippen molar-refractivity contribution in [2.75, 3.05) is 61.9 Å². The number of hydrogen-bond acceptors (Lipinski definition) is 6. The Hall–Kier alpha value is -3.56. The van der Waals surface area contributed by atoms with Gasteiger partial charge in [-0.15, -0.1) is 0 Å². The Labute approximate surface area is 213 Å². The van der Waals surface area contributed by atoms with Crippen molar-refractivity contribution in [1.29, 1.82) is 0 Å². The third-order valence-electron chi connectivity index (χ3n) is 6.52. The summed E-state index contributed by atoms with van der Waals surface area (Å²) in [6, 6.07) is 18.8. The molecule has 36 heavy (non-hydrogen) atoms. The summed E-state index contributed by atoms with van der Waals surface area (Å²) in [5.41, 5.74) is 3.53. The molecule has 1 N–H and O–H groups in total. The Morgan fingerprint density at radius 1 is 0.972 bits per heavy atom. The monoisotopic (exact) mass is 508 g/mol. The lowest BCUT2D eigenvalue weighted by atomic mass is 10.1. The van der Waals surface area contributed by atoms with Gasteiger partial charge in [0.05, 0.1) is 17.7 Å². The number of nitrogens with zero attached hydrogens (tertiary/aromatic N) is 3. The number of ether oxygens (including phenoxy) is 1. The lowest BCUT2D eigenvalue weighted by Crippen LogP contribution is -2.44. The summed E-state index contributed by atoms with van der Waals surface area (Å²) < 4.78 is 32.8. The molecule has 0 bridgehead atoms. The second-order valence-corrected chi connectivity index (χ2v) is 10.9. The number of piperazine rings is 1. The minimum absolute atomic E-state index is 0.0376. The standard InChI is InChI=1S/C27H32N4O4S/c1-20-18-23(31-16-14-29(2)15-17-31)10-13-26(20)28-27(32)21-6-5-7-25(19-21)36(33,34)30(3)22-8-11-24(35-4)12-9-22/h5-13,18-19H,14-17H2,1-4H3,(H,28,32). The lowest BCUT2D eigenvalue weighted by Gasteiger charge is -2.34. The van der Waals surface area contributed by atoms with Crippen LogP contribution < -0.4 is 19.3 Å². The highest BCUT2D eigenvalue weighted by atomic mass is 32.2. The Kier molecular flexibility index (Phi) is 7.51. The molecule has 4 rings (SSSR count). The smallest absolute Gasteiger partial charge is 0.264 e. The molecule has 1 aliphatic heterocycles. The van der Waals surface area contributed by atoms with Crippen LogP contribution in [0.5, 0.6) is 5.75 Å². The van der Waals surface area contributed by atoms with Gasteiger partial charge in [-0.3, -0.25) is 9.10 Å². The van der Waals surface area contributed by atoms with Gasteiger partial charge in [0.15, 0.2) is 0 Å². The molecule has 0 atom stereocenters. The van der Waals surface area contributed by atoms with Crippen LogP contribution in [0.15, 0.2) is 71.6 Å². The summed E-state index contributed by atoms with van der Waals surface area (Å²) in [5.74, 6) is 0.268. The minimum Gasteiger partial charge on any atom is -0.497 e. The SMILES string of the molecule is COc1ccc(N(C)S(=O)(=O)c2cccc(C(=O)Nc3ccc(N4CCN(C)CC4)cc3C)c2)cc1. The Morgan fingerprint density at radius 3 is 2.31 bits per heavy atom. The van der Waals surface area contributed by atoms with E-state index in [1.165, 1.54) is 23.5 Å². The number of rotatable bonds is 7. The summed E-state index contributed by atoms with van der Waals surface area (Å²) >= 11 is 0. The molecule has 1 amide bonds. The average molecular weight is 509 g/mol. The number of anilines is 3. The van der Waals surface area contributed by atoms with Gasteiger partial charge in [-0.2, -0.15) is 0 Å². The van der Waals surface area contributed by atoms with Gasteiger partial charge in [0.25, 0.3) is 15.9 Å². The first-order chi connectivity index (χ1) is 17.2. The van der Waals surface area contributed by atoms with Crippen LogP contribution in [-0.2, 0) is 10.0 Å². The van der Waals surface area contributed by atoms with Crippen molar-refractivity contribution in [3.8, 4) is 5.75 Å². The number of nitrogens with one attached hydrogen (secondary N) is 1. The van der Waals surface area contributed by atoms with E-state index in [9.17, 15) is 13.2 Å². The molecule has 1 aliphatic rings. The van der Waals surface area contributed by atoms with Gasteiger partial charge in [-0.25, -0.2) is 8.42 Å². The van der Waals surface area contributed by atoms with E-state index < -0.39 is 10.0 Å². The highest BCUT2D eigenvalue weighted by Crippen LogP contribution is 2.26. The van der Waals surface area contributed by atoms with Crippen molar-refractivity contribution in [3.63, 3.8) is 0 Å². The van der Waals surface area contributed by atoms with Gasteiger partial charge >= 0.3 is 0 Å². The topological polar surface area (TPSA) is 82.2 Å². The van der Waals surface area contributed by atoms with Crippen molar-refractivity contribution in [2.45, 2.75) is 11.8 Å². The van der Waals surface area contributed by atoms with Crippen LogP contribution in [0, 0.1) is 6.92 Å². The molecule has 190 valence electrons. The normalized spacial score (nSPS) is 14.4.